The molecule has 264 valence electrons. The summed E-state index contributed by atoms with van der Waals surface area (Å²) >= 11 is 0. The van der Waals surface area contributed by atoms with E-state index in [0.717, 1.165) is 43.9 Å². The third-order valence-corrected chi connectivity index (χ3v) is 12.3. The van der Waals surface area contributed by atoms with E-state index in [1.807, 2.05) is 24.3 Å². The Morgan fingerprint density at radius 2 is 1.15 bits per heavy atom. The quantitative estimate of drug-likeness (QED) is 0.102. The number of benzene rings is 2. The highest BCUT2D eigenvalue weighted by Gasteiger charge is 2.37. The van der Waals surface area contributed by atoms with Crippen LogP contribution in [0.3, 0.4) is 0 Å². The highest BCUT2D eigenvalue weighted by molar-refractivity contribution is 5.89. The van der Waals surface area contributed by atoms with Crippen LogP contribution in [0.4, 0.5) is 0 Å². The van der Waals surface area contributed by atoms with Gasteiger partial charge in [0.1, 0.15) is 5.75 Å². The molecule has 48 heavy (non-hydrogen) atoms. The molecule has 3 fully saturated rings. The van der Waals surface area contributed by atoms with Crippen molar-refractivity contribution in [2.75, 3.05) is 6.61 Å². The maximum Gasteiger partial charge on any atom is 0.338 e. The first kappa shape index (κ1) is 36.7. The van der Waals surface area contributed by atoms with Crippen LogP contribution >= 0.6 is 0 Å². The molecule has 0 N–H and O–H groups in total. The normalized spacial score (nSPS) is 24.1. The second-order valence-corrected chi connectivity index (χ2v) is 15.9. The van der Waals surface area contributed by atoms with E-state index in [0.29, 0.717) is 23.1 Å². The van der Waals surface area contributed by atoms with Crippen LogP contribution in [0.15, 0.2) is 48.5 Å². The standard InChI is InChI=1S/C44H64O4/c1-3-5-8-12-34-14-18-36(19-15-34)38-22-24-40(25-23-38)43(46)47-33-44(30-10-7-11-31-44)32-42(45)48-41-28-26-39(27-29-41)37-20-16-35(17-21-37)13-9-6-4-2/h22-29,34-37H,3-21,30-33H2,1-2H3. The van der Waals surface area contributed by atoms with Gasteiger partial charge in [0.2, 0.25) is 0 Å². The van der Waals surface area contributed by atoms with Crippen molar-refractivity contribution in [1.82, 2.24) is 0 Å². The molecule has 2 aromatic rings. The zero-order valence-electron chi connectivity index (χ0n) is 30.3. The summed E-state index contributed by atoms with van der Waals surface area (Å²) in [6.07, 6.45) is 26.5. The molecule has 0 bridgehead atoms. The number of carbonyl (C=O) groups is 2. The Morgan fingerprint density at radius 3 is 1.65 bits per heavy atom. The number of ether oxygens (including phenoxy) is 2. The summed E-state index contributed by atoms with van der Waals surface area (Å²) in [6.45, 7) is 4.83. The Bertz CT molecular complexity index is 1230. The summed E-state index contributed by atoms with van der Waals surface area (Å²) in [5.41, 5.74) is 2.97. The third kappa shape index (κ3) is 10.9. The Morgan fingerprint density at radius 1 is 0.646 bits per heavy atom. The molecule has 0 heterocycles. The van der Waals surface area contributed by atoms with E-state index < -0.39 is 0 Å². The Balaban J connectivity index is 1.07. The van der Waals surface area contributed by atoms with Crippen LogP contribution in [0.2, 0.25) is 0 Å². The second kappa shape index (κ2) is 19.0. The van der Waals surface area contributed by atoms with Crippen molar-refractivity contribution >= 4 is 11.9 Å². The van der Waals surface area contributed by atoms with E-state index in [2.05, 4.69) is 38.1 Å². The number of hydrogen-bond donors (Lipinski definition) is 0. The van der Waals surface area contributed by atoms with Gasteiger partial charge in [-0.1, -0.05) is 109 Å². The Kier molecular flexibility index (Phi) is 14.5. The topological polar surface area (TPSA) is 52.6 Å². The van der Waals surface area contributed by atoms with Gasteiger partial charge in [0, 0.05) is 5.41 Å². The van der Waals surface area contributed by atoms with Gasteiger partial charge >= 0.3 is 11.9 Å². The molecule has 0 atom stereocenters. The van der Waals surface area contributed by atoms with Crippen molar-refractivity contribution in [2.45, 2.75) is 167 Å². The molecule has 2 aromatic carbocycles. The molecule has 3 saturated carbocycles. The fraction of sp³-hybridized carbons (Fsp3) is 0.682. The Labute approximate surface area is 292 Å². The lowest BCUT2D eigenvalue weighted by Gasteiger charge is -2.35. The minimum atomic E-state index is -0.351. The lowest BCUT2D eigenvalue weighted by molar-refractivity contribution is -0.138. The molecular weight excluding hydrogens is 592 g/mol. The number of hydrogen-bond acceptors (Lipinski definition) is 4. The summed E-state index contributed by atoms with van der Waals surface area (Å²) in [7, 11) is 0. The number of rotatable bonds is 16. The lowest BCUT2D eigenvalue weighted by atomic mass is 9.72. The largest absolute Gasteiger partial charge is 0.461 e. The fourth-order valence-corrected chi connectivity index (χ4v) is 9.08. The molecule has 0 aromatic heterocycles. The monoisotopic (exact) mass is 656 g/mol. The fourth-order valence-electron chi connectivity index (χ4n) is 9.08. The van der Waals surface area contributed by atoms with Gasteiger partial charge in [-0.15, -0.1) is 0 Å². The molecule has 4 heteroatoms. The molecule has 3 aliphatic carbocycles. The van der Waals surface area contributed by atoms with Gasteiger partial charge in [0.05, 0.1) is 18.6 Å². The van der Waals surface area contributed by atoms with Gasteiger partial charge < -0.3 is 9.47 Å². The van der Waals surface area contributed by atoms with E-state index in [4.69, 9.17) is 9.47 Å². The summed E-state index contributed by atoms with van der Waals surface area (Å²) in [4.78, 5) is 26.4. The molecule has 4 nitrogen and oxygen atoms in total. The molecule has 3 aliphatic rings. The number of unbranched alkanes of at least 4 members (excludes halogenated alkanes) is 4. The highest BCUT2D eigenvalue weighted by atomic mass is 16.5. The number of esters is 2. The smallest absolute Gasteiger partial charge is 0.338 e. The van der Waals surface area contributed by atoms with E-state index in [-0.39, 0.29) is 30.4 Å². The van der Waals surface area contributed by atoms with Crippen molar-refractivity contribution in [2.24, 2.45) is 17.3 Å². The van der Waals surface area contributed by atoms with Gasteiger partial charge in [-0.05, 0) is 123 Å². The summed E-state index contributed by atoms with van der Waals surface area (Å²) < 4.78 is 11.8. The first-order chi connectivity index (χ1) is 23.5. The van der Waals surface area contributed by atoms with Crippen molar-refractivity contribution in [1.29, 1.82) is 0 Å². The third-order valence-electron chi connectivity index (χ3n) is 12.3. The first-order valence-electron chi connectivity index (χ1n) is 20.0. The second-order valence-electron chi connectivity index (χ2n) is 15.9. The zero-order valence-corrected chi connectivity index (χ0v) is 30.3. The summed E-state index contributed by atoms with van der Waals surface area (Å²) in [5.74, 6) is 3.12. The van der Waals surface area contributed by atoms with Gasteiger partial charge in [-0.3, -0.25) is 4.79 Å². The van der Waals surface area contributed by atoms with Gasteiger partial charge in [0.25, 0.3) is 0 Å². The van der Waals surface area contributed by atoms with Crippen LogP contribution in [-0.2, 0) is 9.53 Å². The summed E-state index contributed by atoms with van der Waals surface area (Å²) in [6, 6.07) is 16.4. The van der Waals surface area contributed by atoms with Crippen LogP contribution < -0.4 is 4.74 Å². The maximum absolute atomic E-state index is 13.2. The maximum atomic E-state index is 13.2. The SMILES string of the molecule is CCCCCC1CCC(c2ccc(OC(=O)CC3(COC(=O)c4ccc(C5CCC(CCCCC)CC5)cc4)CCCCC3)cc2)CC1. The molecule has 0 saturated heterocycles. The predicted molar refractivity (Wildman–Crippen MR) is 197 cm³/mol. The molecule has 0 aliphatic heterocycles. The van der Waals surface area contributed by atoms with Crippen molar-refractivity contribution in [3.05, 3.63) is 65.2 Å². The molecular formula is C44H64O4. The zero-order chi connectivity index (χ0) is 33.6. The van der Waals surface area contributed by atoms with Crippen LogP contribution in [0.5, 0.6) is 5.75 Å². The minimum Gasteiger partial charge on any atom is -0.461 e. The van der Waals surface area contributed by atoms with Crippen molar-refractivity contribution in [3.8, 4) is 5.75 Å². The van der Waals surface area contributed by atoms with Crippen molar-refractivity contribution in [3.63, 3.8) is 0 Å². The average molecular weight is 657 g/mol. The van der Waals surface area contributed by atoms with E-state index in [1.54, 1.807) is 0 Å². The van der Waals surface area contributed by atoms with Crippen LogP contribution in [0.1, 0.15) is 188 Å². The molecule has 0 radical (unpaired) electrons. The number of carbonyl (C=O) groups excluding carboxylic acids is 2. The highest BCUT2D eigenvalue weighted by Crippen LogP contribution is 2.42. The predicted octanol–water partition coefficient (Wildman–Crippen LogP) is 12.5. The average Bonchev–Trinajstić information content (AvgIpc) is 3.12. The van der Waals surface area contributed by atoms with Crippen LogP contribution in [0.25, 0.3) is 0 Å². The molecule has 5 rings (SSSR count). The van der Waals surface area contributed by atoms with Gasteiger partial charge in [0.15, 0.2) is 0 Å². The minimum absolute atomic E-state index is 0.224. The summed E-state index contributed by atoms with van der Waals surface area (Å²) in [5, 5.41) is 0. The Hall–Kier alpha value is -2.62. The van der Waals surface area contributed by atoms with Crippen LogP contribution in [-0.4, -0.2) is 18.5 Å². The van der Waals surface area contributed by atoms with E-state index >= 15 is 0 Å². The van der Waals surface area contributed by atoms with Crippen molar-refractivity contribution < 1.29 is 19.1 Å². The first-order valence-corrected chi connectivity index (χ1v) is 20.0. The molecule has 0 spiro atoms. The van der Waals surface area contributed by atoms with Crippen LogP contribution in [0, 0.1) is 17.3 Å². The molecule has 0 amide bonds. The van der Waals surface area contributed by atoms with E-state index in [1.165, 1.54) is 114 Å². The van der Waals surface area contributed by atoms with E-state index in [9.17, 15) is 9.59 Å². The van der Waals surface area contributed by atoms with Gasteiger partial charge in [-0.25, -0.2) is 4.79 Å². The van der Waals surface area contributed by atoms with Gasteiger partial charge in [-0.2, -0.15) is 0 Å². The lowest BCUT2D eigenvalue weighted by Crippen LogP contribution is -2.34. The molecule has 0 unspecified atom stereocenters.